The number of hydrogen-bond donors (Lipinski definition) is 8. The van der Waals surface area contributed by atoms with Gasteiger partial charge in [0.2, 0.25) is 0 Å². The number of fused-ring (bicyclic) bond motifs is 16. The van der Waals surface area contributed by atoms with Crippen molar-refractivity contribution >= 4 is 0 Å². The van der Waals surface area contributed by atoms with E-state index in [4.69, 9.17) is 0 Å². The van der Waals surface area contributed by atoms with Crippen LogP contribution in [0.5, 0.6) is 0 Å². The van der Waals surface area contributed by atoms with Crippen LogP contribution >= 0.6 is 0 Å². The van der Waals surface area contributed by atoms with Gasteiger partial charge in [-0.05, 0) is 311 Å². The first kappa shape index (κ1) is 61.8. The third kappa shape index (κ3) is 16.0. The second kappa shape index (κ2) is 27.2. The van der Waals surface area contributed by atoms with Crippen molar-refractivity contribution in [1.29, 1.82) is 0 Å². The molecule has 8 nitrogen and oxygen atoms in total. The molecule has 19 rings (SSSR count). The molecule has 0 aromatic heterocycles. The average molecular weight is 1100 g/mol. The largest absolute Gasteiger partial charge is 0.316 e. The van der Waals surface area contributed by atoms with Crippen LogP contribution in [0.3, 0.4) is 0 Å². The molecule has 10 aliphatic heterocycles. The molecule has 0 aromatic rings. The molecule has 10 heterocycles. The quantitative estimate of drug-likeness (QED) is 0.122. The Balaban J connectivity index is 0.000000102. The highest BCUT2D eigenvalue weighted by Crippen LogP contribution is 2.57. The van der Waals surface area contributed by atoms with Crippen LogP contribution in [0, 0.1) is 91.7 Å². The Kier molecular flexibility index (Phi) is 21.2. The van der Waals surface area contributed by atoms with Crippen molar-refractivity contribution in [2.24, 2.45) is 91.7 Å². The predicted octanol–water partition coefficient (Wildman–Crippen LogP) is 13.6. The van der Waals surface area contributed by atoms with E-state index in [1.807, 2.05) is 0 Å². The molecule has 19 aliphatic rings. The molecular weight excluding hydrogens is 965 g/mol. The summed E-state index contributed by atoms with van der Waals surface area (Å²) in [5.74, 6) is 10.4. The first-order chi connectivity index (χ1) is 37.8. The number of hydrogen-bond acceptors (Lipinski definition) is 8. The van der Waals surface area contributed by atoms with Crippen molar-refractivity contribution in [3.05, 3.63) is 0 Å². The fraction of sp³-hybridized carbons (Fsp3) is 1.00. The van der Waals surface area contributed by atoms with Gasteiger partial charge < -0.3 is 42.5 Å². The maximum absolute atomic E-state index is 3.70. The van der Waals surface area contributed by atoms with Gasteiger partial charge >= 0.3 is 0 Å². The maximum Gasteiger partial charge on any atom is 0.0124 e. The predicted molar refractivity (Wildman–Crippen MR) is 337 cm³/mol. The molecule has 14 unspecified atom stereocenters. The fourth-order valence-corrected chi connectivity index (χ4v) is 21.3. The fourth-order valence-electron chi connectivity index (χ4n) is 21.3. The SMILES string of the molecule is C1CC2CCC1CNC2.C1CC2CNC(C1)C2.C1CC2CNCC1C2.C1CCC2NCCCC2C1.C1NC2CC3CC1CC(C3)C2.CC1(C)CC2CC(C)(CN2)C1.CC12CCC(CNC1)C2(C)C.CC12CCCC(NC1)C2(C)C. The maximum atomic E-state index is 3.70. The summed E-state index contributed by atoms with van der Waals surface area (Å²) in [6, 6.07) is 4.34. The van der Waals surface area contributed by atoms with Gasteiger partial charge in [0, 0.05) is 49.8 Å². The van der Waals surface area contributed by atoms with Crippen LogP contribution in [0.1, 0.15) is 255 Å². The van der Waals surface area contributed by atoms with Crippen molar-refractivity contribution in [3.8, 4) is 0 Å². The smallest absolute Gasteiger partial charge is 0.0124 e. The van der Waals surface area contributed by atoms with Crippen LogP contribution in [0.2, 0.25) is 0 Å². The highest BCUT2D eigenvalue weighted by atomic mass is 15.0. The summed E-state index contributed by atoms with van der Waals surface area (Å²) in [6.45, 7) is 36.0. The Hall–Kier alpha value is -0.320. The molecule has 8 heteroatoms. The molecule has 0 spiro atoms. The van der Waals surface area contributed by atoms with E-state index >= 15 is 0 Å². The van der Waals surface area contributed by atoms with E-state index in [1.54, 1.807) is 19.3 Å². The minimum absolute atomic E-state index is 0.533. The normalized spacial score (nSPS) is 46.7. The zero-order valence-electron chi connectivity index (χ0n) is 53.7. The van der Waals surface area contributed by atoms with Crippen molar-refractivity contribution in [2.75, 3.05) is 72.0 Å². The lowest BCUT2D eigenvalue weighted by atomic mass is 9.60. The molecule has 19 fully saturated rings. The van der Waals surface area contributed by atoms with Gasteiger partial charge in [0.05, 0.1) is 0 Å². The third-order valence-corrected chi connectivity index (χ3v) is 27.0. The van der Waals surface area contributed by atoms with Crippen LogP contribution in [0.25, 0.3) is 0 Å². The van der Waals surface area contributed by atoms with Gasteiger partial charge in [-0.15, -0.1) is 0 Å². The number of piperidine rings is 3. The topological polar surface area (TPSA) is 96.2 Å². The monoisotopic (exact) mass is 1100 g/mol. The summed E-state index contributed by atoms with van der Waals surface area (Å²) in [6.07, 6.45) is 44.1. The summed E-state index contributed by atoms with van der Waals surface area (Å²) in [7, 11) is 0. The zero-order valence-corrected chi connectivity index (χ0v) is 53.7. The van der Waals surface area contributed by atoms with Crippen molar-refractivity contribution < 1.29 is 0 Å². The van der Waals surface area contributed by atoms with E-state index in [2.05, 4.69) is 105 Å². The first-order valence-electron chi connectivity index (χ1n) is 35.6. The highest BCUT2D eigenvalue weighted by molar-refractivity contribution is 5.08. The molecule has 79 heavy (non-hydrogen) atoms. The molecule has 0 amide bonds. The second-order valence-electron chi connectivity index (χ2n) is 34.4. The van der Waals surface area contributed by atoms with E-state index < -0.39 is 0 Å². The standard InChI is InChI=1S/C10H17N.3C10H19N.C9H17N.C8H15N.2C7H13N/c1-7-2-9-3-8(1)5-10(4-7)11-6-9;1-9(2)4-8-5-10(3,6-9)7-11-8;1-9(2)8-4-5-10(9,3)7-11-6-8;1-9(2)8-5-4-6-10(9,3)7-11-8;1-2-6-9-8(4-1)5-3-7-10-9;1-2-8-4-3-7(1)5-9-6-8;1-2-7-3-6(1)4-8-5-7;1-2-6-4-7(3-1)8-5-6/h7-11H,1-6H2;3*8,11H,4-7H2,1-3H3;8-10H,1-7H2;7-9H,1-6H2;2*6-8H,1-5H2. The molecular formula is C71H132N8. The van der Waals surface area contributed by atoms with Gasteiger partial charge in [-0.3, -0.25) is 0 Å². The number of nitrogens with one attached hydrogen (secondary N) is 8. The van der Waals surface area contributed by atoms with Gasteiger partial charge in [-0.25, -0.2) is 0 Å². The summed E-state index contributed by atoms with van der Waals surface area (Å²) >= 11 is 0. The van der Waals surface area contributed by atoms with E-state index in [-0.39, 0.29) is 0 Å². The van der Waals surface area contributed by atoms with Crippen LogP contribution in [-0.2, 0) is 0 Å². The minimum atomic E-state index is 0.533. The molecule has 9 saturated carbocycles. The summed E-state index contributed by atoms with van der Waals surface area (Å²) < 4.78 is 0. The summed E-state index contributed by atoms with van der Waals surface area (Å²) in [5.41, 5.74) is 3.48. The average Bonchev–Trinajstić information content (AvgIpc) is 4.05. The molecule has 10 saturated heterocycles. The lowest BCUT2D eigenvalue weighted by molar-refractivity contribution is 0.0546. The highest BCUT2D eigenvalue weighted by Gasteiger charge is 2.54. The van der Waals surface area contributed by atoms with Crippen LogP contribution in [-0.4, -0.2) is 102 Å². The molecule has 456 valence electrons. The molecule has 8 N–H and O–H groups in total. The van der Waals surface area contributed by atoms with E-state index in [0.717, 1.165) is 89.4 Å². The molecule has 16 bridgehead atoms. The van der Waals surface area contributed by atoms with Gasteiger partial charge in [0.15, 0.2) is 0 Å². The first-order valence-corrected chi connectivity index (χ1v) is 35.6. The van der Waals surface area contributed by atoms with E-state index in [9.17, 15) is 0 Å². The van der Waals surface area contributed by atoms with Crippen molar-refractivity contribution in [1.82, 2.24) is 42.5 Å². The minimum Gasteiger partial charge on any atom is -0.316 e. The number of rotatable bonds is 0. The Labute approximate surface area is 489 Å². The van der Waals surface area contributed by atoms with E-state index in [0.29, 0.717) is 32.5 Å². The Morgan fingerprint density at radius 2 is 0.937 bits per heavy atom. The summed E-state index contributed by atoms with van der Waals surface area (Å²) in [5, 5.41) is 28.6. The Bertz CT molecular complexity index is 1660. The second-order valence-corrected chi connectivity index (χ2v) is 34.4. The van der Waals surface area contributed by atoms with Crippen LogP contribution in [0.15, 0.2) is 0 Å². The molecule has 14 atom stereocenters. The van der Waals surface area contributed by atoms with Gasteiger partial charge in [0.1, 0.15) is 0 Å². The molecule has 9 aliphatic carbocycles. The Morgan fingerprint density at radius 3 is 1.56 bits per heavy atom. The van der Waals surface area contributed by atoms with Gasteiger partial charge in [0.25, 0.3) is 0 Å². The van der Waals surface area contributed by atoms with Crippen LogP contribution < -0.4 is 42.5 Å². The van der Waals surface area contributed by atoms with Gasteiger partial charge in [-0.2, -0.15) is 0 Å². The Morgan fingerprint density at radius 1 is 0.342 bits per heavy atom. The zero-order chi connectivity index (χ0) is 55.3. The van der Waals surface area contributed by atoms with Crippen LogP contribution in [0.4, 0.5) is 0 Å². The summed E-state index contributed by atoms with van der Waals surface area (Å²) in [4.78, 5) is 0. The van der Waals surface area contributed by atoms with Gasteiger partial charge in [-0.1, -0.05) is 88.0 Å². The van der Waals surface area contributed by atoms with E-state index in [1.165, 1.54) is 245 Å². The van der Waals surface area contributed by atoms with Crippen molar-refractivity contribution in [2.45, 2.75) is 285 Å². The molecule has 0 radical (unpaired) electrons. The molecule has 0 aromatic carbocycles. The lowest BCUT2D eigenvalue weighted by Gasteiger charge is -2.46. The third-order valence-electron chi connectivity index (χ3n) is 27.0. The van der Waals surface area contributed by atoms with Crippen molar-refractivity contribution in [3.63, 3.8) is 0 Å². The lowest BCUT2D eigenvalue weighted by Crippen LogP contribution is -2.49.